The molecule has 0 fully saturated rings. The van der Waals surface area contributed by atoms with E-state index in [1.165, 1.54) is 11.4 Å². The third-order valence-corrected chi connectivity index (χ3v) is 6.51. The van der Waals surface area contributed by atoms with Gasteiger partial charge in [0.05, 0.1) is 16.8 Å². The molecule has 2 aromatic heterocycles. The van der Waals surface area contributed by atoms with Crippen molar-refractivity contribution in [3.63, 3.8) is 0 Å². The predicted octanol–water partition coefficient (Wildman–Crippen LogP) is 3.45. The number of hydrogen-bond acceptors (Lipinski definition) is 6. The number of para-hydroxylation sites is 1. The Balaban J connectivity index is 1.65. The molecule has 0 bridgehead atoms. The van der Waals surface area contributed by atoms with E-state index in [0.717, 1.165) is 33.0 Å². The van der Waals surface area contributed by atoms with Crippen LogP contribution >= 0.6 is 11.3 Å². The molecule has 4 rings (SSSR count). The Labute approximate surface area is 159 Å². The van der Waals surface area contributed by atoms with Crippen molar-refractivity contribution in [2.24, 2.45) is 5.14 Å². The number of sulfonamides is 1. The number of pyridine rings is 1. The van der Waals surface area contributed by atoms with Crippen LogP contribution in [0.3, 0.4) is 0 Å². The van der Waals surface area contributed by atoms with Crippen LogP contribution in [0.5, 0.6) is 0 Å². The lowest BCUT2D eigenvalue weighted by molar-refractivity contribution is 0.0470. The van der Waals surface area contributed by atoms with Crippen LogP contribution < -0.4 is 5.14 Å². The maximum absolute atomic E-state index is 12.3. The predicted molar refractivity (Wildman–Crippen MR) is 104 cm³/mol. The normalized spacial score (nSPS) is 11.7. The van der Waals surface area contributed by atoms with Gasteiger partial charge < -0.3 is 4.74 Å². The second-order valence-corrected chi connectivity index (χ2v) is 8.60. The van der Waals surface area contributed by atoms with Gasteiger partial charge in [-0.15, -0.1) is 11.3 Å². The molecule has 0 aliphatic rings. The van der Waals surface area contributed by atoms with Crippen molar-refractivity contribution in [2.45, 2.75) is 10.8 Å². The summed E-state index contributed by atoms with van der Waals surface area (Å²) in [6, 6.07) is 16.8. The fourth-order valence-electron chi connectivity index (χ4n) is 2.87. The lowest BCUT2D eigenvalue weighted by Crippen LogP contribution is -2.10. The molecular weight excluding hydrogens is 384 g/mol. The topological polar surface area (TPSA) is 99.4 Å². The Bertz CT molecular complexity index is 1280. The fraction of sp³-hybridized carbons (Fsp3) is 0.0526. The number of thiophene rings is 1. The first-order chi connectivity index (χ1) is 12.9. The van der Waals surface area contributed by atoms with Gasteiger partial charge in [0, 0.05) is 16.2 Å². The minimum absolute atomic E-state index is 0.0231. The first-order valence-electron chi connectivity index (χ1n) is 7.98. The average molecular weight is 398 g/mol. The number of primary sulfonamides is 1. The largest absolute Gasteiger partial charge is 0.456 e. The number of aromatic nitrogens is 1. The Hall–Kier alpha value is -2.81. The molecule has 2 heterocycles. The van der Waals surface area contributed by atoms with Gasteiger partial charge in [-0.1, -0.05) is 42.5 Å². The smallest absolute Gasteiger partial charge is 0.339 e. The first-order valence-corrected chi connectivity index (χ1v) is 10.4. The number of ether oxygens (including phenoxy) is 1. The number of benzene rings is 2. The summed E-state index contributed by atoms with van der Waals surface area (Å²) in [5, 5.41) is 9.44. The van der Waals surface area contributed by atoms with E-state index in [2.05, 4.69) is 4.98 Å². The summed E-state index contributed by atoms with van der Waals surface area (Å²) in [5.74, 6) is -0.625. The number of esters is 1. The van der Waals surface area contributed by atoms with E-state index in [1.807, 2.05) is 48.5 Å². The Kier molecular flexibility index (Phi) is 4.39. The Morgan fingerprint density at radius 1 is 1.04 bits per heavy atom. The van der Waals surface area contributed by atoms with Gasteiger partial charge in [0.25, 0.3) is 0 Å². The van der Waals surface area contributed by atoms with Crippen molar-refractivity contribution in [2.75, 3.05) is 0 Å². The van der Waals surface area contributed by atoms with Crippen LogP contribution in [0.2, 0.25) is 0 Å². The highest BCUT2D eigenvalue weighted by atomic mass is 32.2. The van der Waals surface area contributed by atoms with Crippen LogP contribution in [0.1, 0.15) is 16.1 Å². The molecule has 2 aromatic carbocycles. The number of rotatable bonds is 4. The van der Waals surface area contributed by atoms with Crippen molar-refractivity contribution in [3.05, 3.63) is 71.2 Å². The van der Waals surface area contributed by atoms with E-state index in [4.69, 9.17) is 9.88 Å². The zero-order valence-electron chi connectivity index (χ0n) is 14.0. The van der Waals surface area contributed by atoms with Gasteiger partial charge >= 0.3 is 5.97 Å². The van der Waals surface area contributed by atoms with Gasteiger partial charge in [0.2, 0.25) is 10.0 Å². The van der Waals surface area contributed by atoms with Crippen LogP contribution in [0.15, 0.2) is 64.2 Å². The molecule has 0 aliphatic carbocycles. The molecule has 0 radical (unpaired) electrons. The minimum Gasteiger partial charge on any atom is -0.456 e. The molecule has 0 atom stereocenters. The van der Waals surface area contributed by atoms with Crippen molar-refractivity contribution in [1.82, 2.24) is 4.98 Å². The van der Waals surface area contributed by atoms with Gasteiger partial charge in [-0.2, -0.15) is 0 Å². The fourth-order valence-corrected chi connectivity index (χ4v) is 4.45. The van der Waals surface area contributed by atoms with Crippen LogP contribution in [0.4, 0.5) is 0 Å². The van der Waals surface area contributed by atoms with E-state index in [9.17, 15) is 13.2 Å². The van der Waals surface area contributed by atoms with E-state index in [1.54, 1.807) is 0 Å². The quantitative estimate of drug-likeness (QED) is 0.419. The number of carbonyl (C=O) groups is 1. The van der Waals surface area contributed by atoms with E-state index < -0.39 is 16.0 Å². The van der Waals surface area contributed by atoms with Crippen molar-refractivity contribution >= 4 is 49.0 Å². The second kappa shape index (κ2) is 6.73. The Morgan fingerprint density at radius 2 is 1.70 bits per heavy atom. The summed E-state index contributed by atoms with van der Waals surface area (Å²) < 4.78 is 28.0. The number of nitrogens with zero attached hydrogens (tertiary/aromatic N) is 1. The SMILES string of the molecule is NS(=O)(=O)c1cc(C(=O)OCc2nc3ccccc3c3ccccc23)cs1. The molecule has 0 saturated carbocycles. The number of hydrogen-bond donors (Lipinski definition) is 1. The molecule has 0 unspecified atom stereocenters. The molecule has 2 N–H and O–H groups in total. The zero-order valence-corrected chi connectivity index (χ0v) is 15.6. The van der Waals surface area contributed by atoms with Gasteiger partial charge in [-0.3, -0.25) is 0 Å². The number of fused-ring (bicyclic) bond motifs is 3. The highest BCUT2D eigenvalue weighted by Crippen LogP contribution is 2.27. The van der Waals surface area contributed by atoms with E-state index >= 15 is 0 Å². The summed E-state index contributed by atoms with van der Waals surface area (Å²) in [6.07, 6.45) is 0. The van der Waals surface area contributed by atoms with Gasteiger partial charge in [0.1, 0.15) is 10.8 Å². The lowest BCUT2D eigenvalue weighted by Gasteiger charge is -2.10. The van der Waals surface area contributed by atoms with Crippen LogP contribution in [-0.2, 0) is 21.4 Å². The third kappa shape index (κ3) is 3.42. The maximum atomic E-state index is 12.3. The van der Waals surface area contributed by atoms with Crippen LogP contribution in [-0.4, -0.2) is 19.4 Å². The molecule has 0 saturated heterocycles. The third-order valence-electron chi connectivity index (χ3n) is 4.12. The minimum atomic E-state index is -3.84. The number of carbonyl (C=O) groups excluding carboxylic acids is 1. The zero-order chi connectivity index (χ0) is 19.0. The molecule has 4 aromatic rings. The summed E-state index contributed by atoms with van der Waals surface area (Å²) in [7, 11) is -3.84. The molecule has 0 aliphatic heterocycles. The average Bonchev–Trinajstić information content (AvgIpc) is 3.17. The monoisotopic (exact) mass is 398 g/mol. The Morgan fingerprint density at radius 3 is 2.41 bits per heavy atom. The molecule has 27 heavy (non-hydrogen) atoms. The number of nitrogens with two attached hydrogens (primary N) is 1. The first kappa shape index (κ1) is 17.6. The highest BCUT2D eigenvalue weighted by Gasteiger charge is 2.17. The lowest BCUT2D eigenvalue weighted by atomic mass is 10.0. The van der Waals surface area contributed by atoms with Crippen LogP contribution in [0, 0.1) is 0 Å². The van der Waals surface area contributed by atoms with Gasteiger partial charge in [-0.25, -0.2) is 23.3 Å². The molecule has 0 amide bonds. The molecule has 6 nitrogen and oxygen atoms in total. The summed E-state index contributed by atoms with van der Waals surface area (Å²) in [6.45, 7) is -0.0231. The second-order valence-electron chi connectivity index (χ2n) is 5.90. The molecule has 0 spiro atoms. The van der Waals surface area contributed by atoms with E-state index in [-0.39, 0.29) is 16.4 Å². The standard InChI is InChI=1S/C19H14N2O4S2/c20-27(23,24)18-9-12(11-26-18)19(22)25-10-17-15-7-2-1-5-13(15)14-6-3-4-8-16(14)21-17/h1-9,11H,10H2,(H2,20,23,24). The van der Waals surface area contributed by atoms with E-state index in [0.29, 0.717) is 5.69 Å². The van der Waals surface area contributed by atoms with Crippen molar-refractivity contribution in [3.8, 4) is 0 Å². The highest BCUT2D eigenvalue weighted by molar-refractivity contribution is 7.91. The van der Waals surface area contributed by atoms with Gasteiger partial charge in [0.15, 0.2) is 0 Å². The maximum Gasteiger partial charge on any atom is 0.339 e. The molecular formula is C19H14N2O4S2. The summed E-state index contributed by atoms with van der Waals surface area (Å²) in [5.41, 5.74) is 1.60. The molecule has 8 heteroatoms. The summed E-state index contributed by atoms with van der Waals surface area (Å²) >= 11 is 0.881. The van der Waals surface area contributed by atoms with Crippen molar-refractivity contribution in [1.29, 1.82) is 0 Å². The van der Waals surface area contributed by atoms with Gasteiger partial charge in [-0.05, 0) is 17.5 Å². The van der Waals surface area contributed by atoms with Crippen LogP contribution in [0.25, 0.3) is 21.7 Å². The summed E-state index contributed by atoms with van der Waals surface area (Å²) in [4.78, 5) is 16.9. The van der Waals surface area contributed by atoms with Crippen molar-refractivity contribution < 1.29 is 17.9 Å². The molecule has 136 valence electrons.